The number of piperidine rings is 1. The number of nitrogens with zero attached hydrogens (tertiary/aromatic N) is 1. The zero-order chi connectivity index (χ0) is 17.7. The molecule has 1 heterocycles. The highest BCUT2D eigenvalue weighted by Gasteiger charge is 2.29. The van der Waals surface area contributed by atoms with Crippen LogP contribution >= 0.6 is 24.0 Å². The second-order valence-electron chi connectivity index (χ2n) is 5.63. The highest BCUT2D eigenvalue weighted by Crippen LogP contribution is 2.31. The number of halogens is 4. The molecule has 1 aromatic rings. The van der Waals surface area contributed by atoms with Crippen LogP contribution in [0.4, 0.5) is 8.78 Å². The molecule has 1 aliphatic heterocycles. The Morgan fingerprint density at radius 2 is 2.00 bits per heavy atom. The van der Waals surface area contributed by atoms with E-state index in [1.807, 2.05) is 6.92 Å². The Morgan fingerprint density at radius 3 is 2.52 bits per heavy atom. The summed E-state index contributed by atoms with van der Waals surface area (Å²) in [6, 6.07) is 3.54. The summed E-state index contributed by atoms with van der Waals surface area (Å²) in [4.78, 5) is -0.0146. The molecule has 1 saturated heterocycles. The topological polar surface area (TPSA) is 58.6 Å². The molecular formula is C15H22Cl2F2N2O3S. The lowest BCUT2D eigenvalue weighted by Gasteiger charge is -2.31. The van der Waals surface area contributed by atoms with E-state index in [1.165, 1.54) is 10.4 Å². The molecule has 0 atom stereocenters. The van der Waals surface area contributed by atoms with Crippen LogP contribution in [-0.2, 0) is 10.0 Å². The average molecular weight is 419 g/mol. The van der Waals surface area contributed by atoms with Crippen LogP contribution < -0.4 is 10.1 Å². The maximum Gasteiger partial charge on any atom is 0.387 e. The molecular weight excluding hydrogens is 397 g/mol. The lowest BCUT2D eigenvalue weighted by molar-refractivity contribution is -0.0498. The molecule has 0 radical (unpaired) electrons. The van der Waals surface area contributed by atoms with E-state index in [9.17, 15) is 17.2 Å². The van der Waals surface area contributed by atoms with Crippen LogP contribution in [0.15, 0.2) is 23.1 Å². The van der Waals surface area contributed by atoms with E-state index in [0.717, 1.165) is 38.1 Å². The summed E-state index contributed by atoms with van der Waals surface area (Å²) >= 11 is 5.85. The van der Waals surface area contributed by atoms with Gasteiger partial charge in [-0.25, -0.2) is 8.42 Å². The Kier molecular flexibility index (Phi) is 8.83. The van der Waals surface area contributed by atoms with Crippen molar-refractivity contribution in [3.05, 3.63) is 23.2 Å². The van der Waals surface area contributed by atoms with Crippen molar-refractivity contribution in [1.29, 1.82) is 0 Å². The van der Waals surface area contributed by atoms with E-state index in [1.54, 1.807) is 0 Å². The molecule has 0 spiro atoms. The Bertz CT molecular complexity index is 654. The van der Waals surface area contributed by atoms with Gasteiger partial charge in [-0.05, 0) is 50.0 Å². The summed E-state index contributed by atoms with van der Waals surface area (Å²) in [6.07, 6.45) is 1.57. The third kappa shape index (κ3) is 5.92. The molecule has 10 heteroatoms. The molecule has 25 heavy (non-hydrogen) atoms. The van der Waals surface area contributed by atoms with Crippen LogP contribution in [-0.4, -0.2) is 45.5 Å². The van der Waals surface area contributed by atoms with Crippen molar-refractivity contribution in [3.63, 3.8) is 0 Å². The van der Waals surface area contributed by atoms with Crippen LogP contribution in [0.2, 0.25) is 5.02 Å². The third-order valence-corrected chi connectivity index (χ3v) is 6.20. The SMILES string of the molecule is CCNCC1CCN(S(=O)(=O)c2ccc(OC(F)F)c(Cl)c2)CC1.Cl. The number of sulfonamides is 1. The van der Waals surface area contributed by atoms with Gasteiger partial charge in [0.05, 0.1) is 9.92 Å². The molecule has 1 N–H and O–H groups in total. The molecule has 0 saturated carbocycles. The van der Waals surface area contributed by atoms with E-state index < -0.39 is 16.6 Å². The largest absolute Gasteiger partial charge is 0.433 e. The van der Waals surface area contributed by atoms with Gasteiger partial charge in [-0.1, -0.05) is 18.5 Å². The smallest absolute Gasteiger partial charge is 0.387 e. The van der Waals surface area contributed by atoms with Crippen molar-refractivity contribution in [2.45, 2.75) is 31.3 Å². The van der Waals surface area contributed by atoms with Gasteiger partial charge in [-0.3, -0.25) is 0 Å². The second-order valence-corrected chi connectivity index (χ2v) is 7.97. The summed E-state index contributed by atoms with van der Waals surface area (Å²) < 4.78 is 55.4. The maximum absolute atomic E-state index is 12.7. The first-order chi connectivity index (χ1) is 11.3. The number of hydrogen-bond acceptors (Lipinski definition) is 4. The van der Waals surface area contributed by atoms with Crippen molar-refractivity contribution >= 4 is 34.0 Å². The molecule has 0 bridgehead atoms. The van der Waals surface area contributed by atoms with Gasteiger partial charge in [0.1, 0.15) is 5.75 Å². The average Bonchev–Trinajstić information content (AvgIpc) is 2.54. The van der Waals surface area contributed by atoms with Crippen molar-refractivity contribution < 1.29 is 21.9 Å². The zero-order valence-corrected chi connectivity index (χ0v) is 16.1. The van der Waals surface area contributed by atoms with Crippen LogP contribution in [0, 0.1) is 5.92 Å². The maximum atomic E-state index is 12.7. The van der Waals surface area contributed by atoms with Gasteiger partial charge in [0, 0.05) is 13.1 Å². The van der Waals surface area contributed by atoms with Gasteiger partial charge in [0.25, 0.3) is 0 Å². The minimum atomic E-state index is -3.69. The van der Waals surface area contributed by atoms with Crippen LogP contribution in [0.3, 0.4) is 0 Å². The standard InChI is InChI=1S/C15H21ClF2N2O3S.ClH/c1-2-19-10-11-5-7-20(8-6-11)24(21,22)12-3-4-14(13(16)9-12)23-15(17)18;/h3-4,9,11,15,19H,2,5-8,10H2,1H3;1H. The Labute approximate surface area is 158 Å². The fourth-order valence-electron chi connectivity index (χ4n) is 2.68. The van der Waals surface area contributed by atoms with Gasteiger partial charge in [0.2, 0.25) is 10.0 Å². The van der Waals surface area contributed by atoms with E-state index in [0.29, 0.717) is 19.0 Å². The third-order valence-electron chi connectivity index (χ3n) is 4.01. The van der Waals surface area contributed by atoms with Gasteiger partial charge in [0.15, 0.2) is 0 Å². The van der Waals surface area contributed by atoms with Crippen LogP contribution in [0.1, 0.15) is 19.8 Å². The normalized spacial score (nSPS) is 16.7. The molecule has 0 amide bonds. The Balaban J connectivity index is 0.00000312. The minimum absolute atomic E-state index is 0. The molecule has 1 aliphatic rings. The van der Waals surface area contributed by atoms with Crippen LogP contribution in [0.5, 0.6) is 5.75 Å². The fourth-order valence-corrected chi connectivity index (χ4v) is 4.47. The quantitative estimate of drug-likeness (QED) is 0.737. The summed E-state index contributed by atoms with van der Waals surface area (Å²) in [6.45, 7) is 1.67. The number of nitrogens with one attached hydrogen (secondary N) is 1. The van der Waals surface area contributed by atoms with E-state index in [2.05, 4.69) is 10.1 Å². The first kappa shape index (κ1) is 22.4. The molecule has 144 valence electrons. The molecule has 0 aromatic heterocycles. The molecule has 0 aliphatic carbocycles. The summed E-state index contributed by atoms with van der Waals surface area (Å²) in [7, 11) is -3.69. The number of rotatable bonds is 7. The highest BCUT2D eigenvalue weighted by molar-refractivity contribution is 7.89. The minimum Gasteiger partial charge on any atom is -0.433 e. The monoisotopic (exact) mass is 418 g/mol. The fraction of sp³-hybridized carbons (Fsp3) is 0.600. The van der Waals surface area contributed by atoms with Crippen molar-refractivity contribution in [1.82, 2.24) is 9.62 Å². The molecule has 5 nitrogen and oxygen atoms in total. The second kappa shape index (κ2) is 9.87. The lowest BCUT2D eigenvalue weighted by atomic mass is 9.98. The van der Waals surface area contributed by atoms with E-state index in [4.69, 9.17) is 11.6 Å². The van der Waals surface area contributed by atoms with Crippen molar-refractivity contribution in [3.8, 4) is 5.75 Å². The zero-order valence-electron chi connectivity index (χ0n) is 13.8. The predicted octanol–water partition coefficient (Wildman–Crippen LogP) is 3.37. The van der Waals surface area contributed by atoms with Gasteiger partial charge < -0.3 is 10.1 Å². The van der Waals surface area contributed by atoms with Crippen LogP contribution in [0.25, 0.3) is 0 Å². The van der Waals surface area contributed by atoms with Crippen molar-refractivity contribution in [2.75, 3.05) is 26.2 Å². The first-order valence-corrected chi connectivity index (χ1v) is 9.61. The summed E-state index contributed by atoms with van der Waals surface area (Å²) in [5.41, 5.74) is 0. The molecule has 2 rings (SSSR count). The van der Waals surface area contributed by atoms with Gasteiger partial charge in [-0.2, -0.15) is 13.1 Å². The molecule has 1 fully saturated rings. The predicted molar refractivity (Wildman–Crippen MR) is 95.4 cm³/mol. The number of benzene rings is 1. The first-order valence-electron chi connectivity index (χ1n) is 7.79. The van der Waals surface area contributed by atoms with E-state index >= 15 is 0 Å². The van der Waals surface area contributed by atoms with Gasteiger partial charge >= 0.3 is 6.61 Å². The molecule has 1 aromatic carbocycles. The van der Waals surface area contributed by atoms with E-state index in [-0.39, 0.29) is 28.1 Å². The highest BCUT2D eigenvalue weighted by atomic mass is 35.5. The summed E-state index contributed by atoms with van der Waals surface area (Å²) in [5, 5.41) is 3.12. The lowest BCUT2D eigenvalue weighted by Crippen LogP contribution is -2.40. The summed E-state index contributed by atoms with van der Waals surface area (Å²) in [5.74, 6) is 0.219. The molecule has 0 unspecified atom stereocenters. The number of hydrogen-bond donors (Lipinski definition) is 1. The Hall–Kier alpha value is -0.670. The number of alkyl halides is 2. The van der Waals surface area contributed by atoms with Gasteiger partial charge in [-0.15, -0.1) is 12.4 Å². The Morgan fingerprint density at radius 1 is 1.36 bits per heavy atom. The number of ether oxygens (including phenoxy) is 1. The van der Waals surface area contributed by atoms with Crippen molar-refractivity contribution in [2.24, 2.45) is 5.92 Å².